The first-order chi connectivity index (χ1) is 13.0. The molecule has 27 heavy (non-hydrogen) atoms. The zero-order chi connectivity index (χ0) is 19.0. The van der Waals surface area contributed by atoms with Gasteiger partial charge in [-0.1, -0.05) is 12.1 Å². The molecule has 2 aliphatic rings. The summed E-state index contributed by atoms with van der Waals surface area (Å²) in [5, 5.41) is 2.90. The van der Waals surface area contributed by atoms with Gasteiger partial charge >= 0.3 is 0 Å². The maximum Gasteiger partial charge on any atom is 0.253 e. The summed E-state index contributed by atoms with van der Waals surface area (Å²) in [6.07, 6.45) is 4.08. The molecule has 0 unspecified atom stereocenters. The molecule has 2 aromatic rings. The van der Waals surface area contributed by atoms with E-state index >= 15 is 0 Å². The summed E-state index contributed by atoms with van der Waals surface area (Å²) in [5.74, 6) is -0.594. The Morgan fingerprint density at radius 3 is 2.33 bits per heavy atom. The van der Waals surface area contributed by atoms with Crippen LogP contribution < -0.4 is 5.32 Å². The lowest BCUT2D eigenvalue weighted by Gasteiger charge is -2.16. The van der Waals surface area contributed by atoms with Crippen LogP contribution in [0.1, 0.15) is 52.0 Å². The smallest absolute Gasteiger partial charge is 0.253 e. The van der Waals surface area contributed by atoms with Gasteiger partial charge in [0.15, 0.2) is 0 Å². The van der Waals surface area contributed by atoms with Crippen molar-refractivity contribution in [1.82, 2.24) is 10.2 Å². The van der Waals surface area contributed by atoms with E-state index in [9.17, 15) is 14.0 Å². The molecule has 0 aromatic heterocycles. The van der Waals surface area contributed by atoms with Gasteiger partial charge in [0.05, 0.1) is 0 Å². The number of likely N-dealkylation sites (tertiary alicyclic amines) is 1. The lowest BCUT2D eigenvalue weighted by atomic mass is 9.96. The normalized spacial score (nSPS) is 16.4. The van der Waals surface area contributed by atoms with Gasteiger partial charge in [0.2, 0.25) is 0 Å². The lowest BCUT2D eigenvalue weighted by Crippen LogP contribution is -2.27. The number of carbonyl (C=O) groups excluding carboxylic acids is 2. The van der Waals surface area contributed by atoms with E-state index in [1.54, 1.807) is 25.1 Å². The van der Waals surface area contributed by atoms with Gasteiger partial charge in [-0.15, -0.1) is 0 Å². The van der Waals surface area contributed by atoms with Crippen LogP contribution in [-0.4, -0.2) is 35.8 Å². The maximum atomic E-state index is 14.4. The summed E-state index contributed by atoms with van der Waals surface area (Å²) in [5.41, 5.74) is 2.94. The molecule has 140 valence electrons. The Bertz CT molecular complexity index is 882. The van der Waals surface area contributed by atoms with Gasteiger partial charge in [-0.25, -0.2) is 4.39 Å². The molecule has 1 aliphatic heterocycles. The predicted molar refractivity (Wildman–Crippen MR) is 102 cm³/mol. The van der Waals surface area contributed by atoms with Crippen LogP contribution in [0.2, 0.25) is 0 Å². The second kappa shape index (κ2) is 7.14. The summed E-state index contributed by atoms with van der Waals surface area (Å²) < 4.78 is 14.4. The first-order valence-electron chi connectivity index (χ1n) is 9.53. The quantitative estimate of drug-likeness (QED) is 0.891. The average molecular weight is 366 g/mol. The predicted octanol–water partition coefficient (Wildman–Crippen LogP) is 3.93. The number of amides is 2. The molecule has 4 nitrogen and oxygen atoms in total. The minimum Gasteiger partial charge on any atom is -0.349 e. The van der Waals surface area contributed by atoms with Crippen LogP contribution in [0, 0.1) is 12.7 Å². The first-order valence-corrected chi connectivity index (χ1v) is 9.53. The summed E-state index contributed by atoms with van der Waals surface area (Å²) >= 11 is 0. The number of rotatable bonds is 4. The van der Waals surface area contributed by atoms with Crippen molar-refractivity contribution in [2.24, 2.45) is 0 Å². The number of carbonyl (C=O) groups is 2. The Morgan fingerprint density at radius 2 is 1.70 bits per heavy atom. The Labute approximate surface area is 158 Å². The fraction of sp³-hybridized carbons (Fsp3) is 0.364. The van der Waals surface area contributed by atoms with Gasteiger partial charge in [0, 0.05) is 30.3 Å². The van der Waals surface area contributed by atoms with E-state index < -0.39 is 5.82 Å². The van der Waals surface area contributed by atoms with Crippen molar-refractivity contribution in [3.05, 3.63) is 58.9 Å². The highest BCUT2D eigenvalue weighted by molar-refractivity contribution is 5.97. The van der Waals surface area contributed by atoms with E-state index in [0.717, 1.165) is 44.3 Å². The molecule has 0 spiro atoms. The average Bonchev–Trinajstić information content (AvgIpc) is 3.32. The van der Waals surface area contributed by atoms with E-state index in [0.29, 0.717) is 22.3 Å². The molecule has 0 atom stereocenters. The third-order valence-electron chi connectivity index (χ3n) is 5.36. The van der Waals surface area contributed by atoms with Gasteiger partial charge in [0.1, 0.15) is 5.82 Å². The molecule has 2 fully saturated rings. The van der Waals surface area contributed by atoms with Crippen LogP contribution in [0.3, 0.4) is 0 Å². The molecule has 1 saturated carbocycles. The van der Waals surface area contributed by atoms with Crippen molar-refractivity contribution in [2.75, 3.05) is 13.1 Å². The number of hydrogen-bond donors (Lipinski definition) is 1. The maximum absolute atomic E-state index is 14.4. The van der Waals surface area contributed by atoms with Crippen LogP contribution in [-0.2, 0) is 0 Å². The van der Waals surface area contributed by atoms with E-state index in [2.05, 4.69) is 5.32 Å². The van der Waals surface area contributed by atoms with Crippen molar-refractivity contribution in [2.45, 2.75) is 38.6 Å². The fourth-order valence-electron chi connectivity index (χ4n) is 3.50. The van der Waals surface area contributed by atoms with Gasteiger partial charge in [-0.2, -0.15) is 0 Å². The Morgan fingerprint density at radius 1 is 1.04 bits per heavy atom. The highest BCUT2D eigenvalue weighted by Crippen LogP contribution is 2.28. The molecule has 0 radical (unpaired) electrons. The monoisotopic (exact) mass is 366 g/mol. The van der Waals surface area contributed by atoms with Crippen LogP contribution in [0.15, 0.2) is 36.4 Å². The Kier molecular flexibility index (Phi) is 4.68. The molecule has 2 amide bonds. The summed E-state index contributed by atoms with van der Waals surface area (Å²) in [4.78, 5) is 26.6. The van der Waals surface area contributed by atoms with Crippen LogP contribution in [0.4, 0.5) is 4.39 Å². The zero-order valence-corrected chi connectivity index (χ0v) is 15.4. The van der Waals surface area contributed by atoms with Gasteiger partial charge in [0.25, 0.3) is 11.8 Å². The molecule has 1 saturated heterocycles. The highest BCUT2D eigenvalue weighted by atomic mass is 19.1. The number of nitrogens with one attached hydrogen (secondary N) is 1. The van der Waals surface area contributed by atoms with Gasteiger partial charge < -0.3 is 10.2 Å². The van der Waals surface area contributed by atoms with Crippen molar-refractivity contribution < 1.29 is 14.0 Å². The number of hydrogen-bond acceptors (Lipinski definition) is 2. The fourth-order valence-corrected chi connectivity index (χ4v) is 3.50. The summed E-state index contributed by atoms with van der Waals surface area (Å²) in [6, 6.07) is 10.5. The minimum absolute atomic E-state index is 0.0412. The molecule has 1 N–H and O–H groups in total. The van der Waals surface area contributed by atoms with Crippen LogP contribution in [0.25, 0.3) is 11.1 Å². The second-order valence-electron chi connectivity index (χ2n) is 7.46. The van der Waals surface area contributed by atoms with E-state index in [4.69, 9.17) is 0 Å². The van der Waals surface area contributed by atoms with E-state index in [1.165, 1.54) is 6.07 Å². The third-order valence-corrected chi connectivity index (χ3v) is 5.36. The topological polar surface area (TPSA) is 49.4 Å². The van der Waals surface area contributed by atoms with Crippen molar-refractivity contribution in [3.8, 4) is 11.1 Å². The molecule has 1 heterocycles. The Hall–Kier alpha value is -2.69. The second-order valence-corrected chi connectivity index (χ2v) is 7.46. The lowest BCUT2D eigenvalue weighted by molar-refractivity contribution is 0.0792. The SMILES string of the molecule is Cc1c(F)cc(C(=O)NC2CC2)cc1-c1ccc(C(=O)N2CCCC2)cc1. The highest BCUT2D eigenvalue weighted by Gasteiger charge is 2.25. The van der Waals surface area contributed by atoms with Crippen molar-refractivity contribution >= 4 is 11.8 Å². The molecule has 0 bridgehead atoms. The molecular weight excluding hydrogens is 343 g/mol. The van der Waals surface area contributed by atoms with Crippen LogP contribution >= 0.6 is 0 Å². The van der Waals surface area contributed by atoms with Gasteiger partial charge in [-0.05, 0) is 73.6 Å². The summed E-state index contributed by atoms with van der Waals surface area (Å²) in [7, 11) is 0. The minimum atomic E-state index is -0.398. The van der Waals surface area contributed by atoms with Gasteiger partial charge in [-0.3, -0.25) is 9.59 Å². The van der Waals surface area contributed by atoms with Crippen molar-refractivity contribution in [1.29, 1.82) is 0 Å². The molecule has 2 aromatic carbocycles. The zero-order valence-electron chi connectivity index (χ0n) is 15.4. The summed E-state index contributed by atoms with van der Waals surface area (Å²) in [6.45, 7) is 3.32. The van der Waals surface area contributed by atoms with E-state index in [1.807, 2.05) is 17.0 Å². The molecule has 5 heteroatoms. The van der Waals surface area contributed by atoms with Crippen LogP contribution in [0.5, 0.6) is 0 Å². The number of halogens is 1. The molecule has 1 aliphatic carbocycles. The van der Waals surface area contributed by atoms with Crippen molar-refractivity contribution in [3.63, 3.8) is 0 Å². The molecular formula is C22H23FN2O2. The Balaban J connectivity index is 1.60. The number of nitrogens with zero attached hydrogens (tertiary/aromatic N) is 1. The standard InChI is InChI=1S/C22H23FN2O2/c1-14-19(12-17(13-20(14)23)21(26)24-18-8-9-18)15-4-6-16(7-5-15)22(27)25-10-2-3-11-25/h4-7,12-13,18H,2-3,8-11H2,1H3,(H,24,26). The van der Waals surface area contributed by atoms with E-state index in [-0.39, 0.29) is 17.9 Å². The first kappa shape index (κ1) is 17.7. The number of benzene rings is 2. The molecule has 4 rings (SSSR count). The largest absolute Gasteiger partial charge is 0.349 e. The third kappa shape index (κ3) is 3.72.